The topological polar surface area (TPSA) is 78.4 Å². The summed E-state index contributed by atoms with van der Waals surface area (Å²) in [6.45, 7) is 23.5. The van der Waals surface area contributed by atoms with Gasteiger partial charge in [0.1, 0.15) is 5.82 Å². The molecule has 6 heteroatoms. The van der Waals surface area contributed by atoms with Gasteiger partial charge in [0.25, 0.3) is 0 Å². The van der Waals surface area contributed by atoms with Gasteiger partial charge in [0.2, 0.25) is 0 Å². The summed E-state index contributed by atoms with van der Waals surface area (Å²) in [6.07, 6.45) is 4.03. The number of nitrogens with one attached hydrogen (secondary N) is 1. The lowest BCUT2D eigenvalue weighted by atomic mass is 9.78. The second kappa shape index (κ2) is 20.3. The van der Waals surface area contributed by atoms with Gasteiger partial charge in [-0.3, -0.25) is 0 Å². The highest BCUT2D eigenvalue weighted by molar-refractivity contribution is 6.61. The van der Waals surface area contributed by atoms with Crippen LogP contribution in [0.1, 0.15) is 106 Å². The lowest BCUT2D eigenvalue weighted by Gasteiger charge is -2.21. The quantitative estimate of drug-likeness (QED) is 0.172. The van der Waals surface area contributed by atoms with E-state index in [1.807, 2.05) is 168 Å². The molecule has 0 atom stereocenters. The number of imidazole rings is 1. The van der Waals surface area contributed by atoms with E-state index >= 15 is 0 Å². The van der Waals surface area contributed by atoms with Crippen molar-refractivity contribution in [3.8, 4) is 11.1 Å². The Bertz CT molecular complexity index is 1620. The van der Waals surface area contributed by atoms with Gasteiger partial charge in [0.15, 0.2) is 0 Å². The number of hydrogen-bond acceptors (Lipinski definition) is 4. The van der Waals surface area contributed by atoms with Crippen molar-refractivity contribution < 1.29 is 14.8 Å². The number of hydrogen-bond donors (Lipinski definition) is 3. The average molecular weight is 637 g/mol. The number of H-pyrrole nitrogens is 1. The minimum atomic E-state index is -0.900. The van der Waals surface area contributed by atoms with Crippen molar-refractivity contribution in [2.24, 2.45) is 0 Å². The van der Waals surface area contributed by atoms with Gasteiger partial charge in [-0.2, -0.15) is 0 Å². The summed E-state index contributed by atoms with van der Waals surface area (Å²) < 4.78 is 5.37. The van der Waals surface area contributed by atoms with Crippen LogP contribution in [0.15, 0.2) is 97.1 Å². The van der Waals surface area contributed by atoms with E-state index < -0.39 is 12.7 Å². The molecule has 5 aromatic rings. The predicted molar refractivity (Wildman–Crippen MR) is 206 cm³/mol. The molecule has 2 heterocycles. The molecular weight excluding hydrogens is 579 g/mol. The van der Waals surface area contributed by atoms with Crippen molar-refractivity contribution in [2.45, 2.75) is 94.3 Å². The van der Waals surface area contributed by atoms with E-state index in [-0.39, 0.29) is 5.60 Å². The summed E-state index contributed by atoms with van der Waals surface area (Å²) in [4.78, 5) is 8.02. The highest BCUT2D eigenvalue weighted by Gasteiger charge is 2.39. The SMILES string of the molecule is CC.CC.CC.CC.CC(C)(O)c1ccccc1-c1ccc2nc(/C=C/c3ccccc3)[nH]c2c1.CC1(C)OB(O)c2ccccc21. The van der Waals surface area contributed by atoms with Gasteiger partial charge in [0, 0.05) is 0 Å². The maximum atomic E-state index is 10.5. The van der Waals surface area contributed by atoms with E-state index in [9.17, 15) is 10.1 Å². The monoisotopic (exact) mass is 636 g/mol. The van der Waals surface area contributed by atoms with Crippen LogP contribution in [-0.4, -0.2) is 27.2 Å². The Balaban J connectivity index is 0.000000461. The molecular formula is C41H57BN2O3. The van der Waals surface area contributed by atoms with E-state index in [1.54, 1.807) is 0 Å². The van der Waals surface area contributed by atoms with Crippen molar-refractivity contribution in [1.82, 2.24) is 9.97 Å². The van der Waals surface area contributed by atoms with Crippen LogP contribution in [-0.2, 0) is 15.9 Å². The molecule has 0 fully saturated rings. The summed E-state index contributed by atoms with van der Waals surface area (Å²) in [5.41, 5.74) is 6.76. The van der Waals surface area contributed by atoms with Crippen molar-refractivity contribution in [3.05, 3.63) is 120 Å². The molecule has 1 aliphatic heterocycles. The zero-order valence-electron chi connectivity index (χ0n) is 30.7. The number of rotatable bonds is 4. The van der Waals surface area contributed by atoms with E-state index in [4.69, 9.17) is 4.65 Å². The summed E-state index contributed by atoms with van der Waals surface area (Å²) in [5.74, 6) is 0.821. The Kier molecular flexibility index (Phi) is 17.7. The van der Waals surface area contributed by atoms with E-state index in [2.05, 4.69) is 34.2 Å². The minimum absolute atomic E-state index is 0.351. The maximum absolute atomic E-state index is 10.5. The molecule has 0 saturated heterocycles. The first-order valence-electron chi connectivity index (χ1n) is 17.1. The molecule has 252 valence electrons. The van der Waals surface area contributed by atoms with E-state index in [0.717, 1.165) is 50.1 Å². The fourth-order valence-corrected chi connectivity index (χ4v) is 4.95. The van der Waals surface area contributed by atoms with Crippen molar-refractivity contribution >= 4 is 35.8 Å². The number of benzene rings is 4. The zero-order chi connectivity index (χ0) is 35.6. The highest BCUT2D eigenvalue weighted by Crippen LogP contribution is 2.33. The molecule has 5 nitrogen and oxygen atoms in total. The Morgan fingerprint density at radius 3 is 1.94 bits per heavy atom. The first-order chi connectivity index (χ1) is 22.6. The second-order valence-corrected chi connectivity index (χ2v) is 10.8. The molecule has 0 saturated carbocycles. The normalized spacial score (nSPS) is 12.4. The molecule has 0 bridgehead atoms. The van der Waals surface area contributed by atoms with Crippen molar-refractivity contribution in [3.63, 3.8) is 0 Å². The Labute approximate surface area is 284 Å². The average Bonchev–Trinajstić information content (AvgIpc) is 3.63. The largest absolute Gasteiger partial charge is 0.492 e. The zero-order valence-corrected chi connectivity index (χ0v) is 30.7. The van der Waals surface area contributed by atoms with Crippen LogP contribution < -0.4 is 5.46 Å². The van der Waals surface area contributed by atoms with Crippen LogP contribution in [0.25, 0.3) is 34.3 Å². The van der Waals surface area contributed by atoms with Gasteiger partial charge in [-0.05, 0) is 79.2 Å². The van der Waals surface area contributed by atoms with Gasteiger partial charge in [-0.25, -0.2) is 4.98 Å². The lowest BCUT2D eigenvalue weighted by Crippen LogP contribution is -2.28. The number of fused-ring (bicyclic) bond motifs is 2. The molecule has 0 aliphatic carbocycles. The van der Waals surface area contributed by atoms with E-state index in [1.165, 1.54) is 0 Å². The molecule has 4 aromatic carbocycles. The van der Waals surface area contributed by atoms with Crippen LogP contribution >= 0.6 is 0 Å². The fraction of sp³-hybridized carbons (Fsp3) is 0.341. The van der Waals surface area contributed by atoms with Crippen molar-refractivity contribution in [2.75, 3.05) is 0 Å². The first-order valence-corrected chi connectivity index (χ1v) is 17.1. The molecule has 1 aliphatic rings. The number of nitrogens with zero attached hydrogens (tertiary/aromatic N) is 1. The van der Waals surface area contributed by atoms with Gasteiger partial charge in [-0.1, -0.05) is 146 Å². The molecule has 47 heavy (non-hydrogen) atoms. The molecule has 3 N–H and O–H groups in total. The number of aromatic nitrogens is 2. The Morgan fingerprint density at radius 2 is 1.32 bits per heavy atom. The van der Waals surface area contributed by atoms with Gasteiger partial charge < -0.3 is 19.8 Å². The molecule has 6 rings (SSSR count). The summed E-state index contributed by atoms with van der Waals surface area (Å²) in [5, 5.41) is 20.0. The van der Waals surface area contributed by atoms with Crippen LogP contribution in [0, 0.1) is 0 Å². The van der Waals surface area contributed by atoms with Gasteiger partial charge in [0.05, 0.1) is 22.2 Å². The third-order valence-electron chi connectivity index (χ3n) is 6.91. The summed E-state index contributed by atoms with van der Waals surface area (Å²) in [7, 11) is -0.754. The van der Waals surface area contributed by atoms with Gasteiger partial charge in [-0.15, -0.1) is 0 Å². The fourth-order valence-electron chi connectivity index (χ4n) is 4.95. The smallest absolute Gasteiger partial charge is 0.423 e. The van der Waals surface area contributed by atoms with Gasteiger partial charge >= 0.3 is 7.12 Å². The van der Waals surface area contributed by atoms with E-state index in [0.29, 0.717) is 0 Å². The third kappa shape index (κ3) is 11.4. The molecule has 0 amide bonds. The summed E-state index contributed by atoms with van der Waals surface area (Å²) in [6, 6.07) is 32.1. The highest BCUT2D eigenvalue weighted by atomic mass is 16.5. The van der Waals surface area contributed by atoms with Crippen LogP contribution in [0.3, 0.4) is 0 Å². The molecule has 0 unspecified atom stereocenters. The summed E-state index contributed by atoms with van der Waals surface area (Å²) >= 11 is 0. The lowest BCUT2D eigenvalue weighted by molar-refractivity contribution is 0.0792. The second-order valence-electron chi connectivity index (χ2n) is 10.8. The molecule has 0 radical (unpaired) electrons. The number of aromatic amines is 1. The standard InChI is InChI=1S/C24H22N2O.C9H11BO2.4C2H6/c1-24(2,27)20-11-7-6-10-19(20)18-13-14-21-22(16-18)26-23(25-21)15-12-17-8-4-3-5-9-17;1-9(2)7-5-3-4-6-8(7)10(11)12-9;4*1-2/h3-16,27H,1-2H3,(H,25,26);3-6,11H,1-2H3;4*1-2H3/b15-12+;;;;;. The third-order valence-corrected chi connectivity index (χ3v) is 6.91. The molecule has 1 aromatic heterocycles. The number of aliphatic hydroxyl groups is 1. The van der Waals surface area contributed by atoms with Crippen LogP contribution in [0.5, 0.6) is 0 Å². The molecule has 0 spiro atoms. The van der Waals surface area contributed by atoms with Crippen molar-refractivity contribution in [1.29, 1.82) is 0 Å². The predicted octanol–water partition coefficient (Wildman–Crippen LogP) is 10.4. The Hall–Kier alpha value is -3.97. The first kappa shape index (κ1) is 41.1. The van der Waals surface area contributed by atoms with Crippen LogP contribution in [0.2, 0.25) is 0 Å². The minimum Gasteiger partial charge on any atom is -0.423 e. The Morgan fingerprint density at radius 1 is 0.745 bits per heavy atom. The van der Waals surface area contributed by atoms with Crippen LogP contribution in [0.4, 0.5) is 0 Å². The maximum Gasteiger partial charge on any atom is 0.492 e.